The Kier molecular flexibility index (Phi) is 3.30. The van der Waals surface area contributed by atoms with Gasteiger partial charge < -0.3 is 15.2 Å². The number of hydrogen-bond donors (Lipinski definition) is 2. The Morgan fingerprint density at radius 3 is 2.73 bits per heavy atom. The summed E-state index contributed by atoms with van der Waals surface area (Å²) in [5, 5.41) is 12.6. The molecule has 0 heterocycles. The summed E-state index contributed by atoms with van der Waals surface area (Å²) >= 11 is 0. The van der Waals surface area contributed by atoms with Crippen molar-refractivity contribution in [3.05, 3.63) is 0 Å². The lowest BCUT2D eigenvalue weighted by Crippen LogP contribution is -2.32. The fourth-order valence-electron chi connectivity index (χ4n) is 1.80. The highest BCUT2D eigenvalue weighted by molar-refractivity contribution is 4.87. The van der Waals surface area contributed by atoms with Crippen molar-refractivity contribution in [2.24, 2.45) is 5.92 Å². The van der Waals surface area contributed by atoms with Crippen LogP contribution in [0.3, 0.4) is 0 Å². The van der Waals surface area contributed by atoms with Crippen molar-refractivity contribution in [2.75, 3.05) is 20.8 Å². The molecule has 0 saturated heterocycles. The van der Waals surface area contributed by atoms with Crippen LogP contribution in [0.2, 0.25) is 0 Å². The molecule has 1 rings (SSSR count). The van der Waals surface area contributed by atoms with E-state index in [1.807, 2.05) is 7.05 Å². The summed E-state index contributed by atoms with van der Waals surface area (Å²) in [6.45, 7) is 0.773. The lowest BCUT2D eigenvalue weighted by molar-refractivity contribution is 0.130. The van der Waals surface area contributed by atoms with Crippen LogP contribution in [0.25, 0.3) is 0 Å². The first kappa shape index (κ1) is 8.97. The minimum atomic E-state index is -0.180. The molecular weight excluding hydrogens is 142 g/mol. The number of nitrogens with one attached hydrogen (secondary N) is 1. The minimum absolute atomic E-state index is 0.180. The van der Waals surface area contributed by atoms with Gasteiger partial charge in [-0.2, -0.15) is 0 Å². The van der Waals surface area contributed by atoms with Crippen LogP contribution in [-0.2, 0) is 4.74 Å². The molecule has 3 unspecified atom stereocenters. The Hall–Kier alpha value is -0.120. The fraction of sp³-hybridized carbons (Fsp3) is 1.00. The molecule has 3 atom stereocenters. The number of aliphatic hydroxyl groups is 1. The third kappa shape index (κ3) is 2.15. The van der Waals surface area contributed by atoms with Crippen molar-refractivity contribution < 1.29 is 9.84 Å². The summed E-state index contributed by atoms with van der Waals surface area (Å²) in [6.07, 6.45) is 1.73. The van der Waals surface area contributed by atoms with Gasteiger partial charge >= 0.3 is 0 Å². The van der Waals surface area contributed by atoms with E-state index in [4.69, 9.17) is 4.74 Å². The molecule has 0 radical (unpaired) electrons. The van der Waals surface area contributed by atoms with Gasteiger partial charge in [-0.15, -0.1) is 0 Å². The third-order valence-corrected chi connectivity index (χ3v) is 2.40. The first-order valence-corrected chi connectivity index (χ1v) is 4.12. The van der Waals surface area contributed by atoms with Crippen LogP contribution in [0, 0.1) is 5.92 Å². The summed E-state index contributed by atoms with van der Waals surface area (Å²) < 4.78 is 5.03. The molecule has 1 aliphatic carbocycles. The number of aliphatic hydroxyl groups excluding tert-OH is 1. The highest BCUT2D eigenvalue weighted by Crippen LogP contribution is 2.25. The average molecular weight is 159 g/mol. The smallest absolute Gasteiger partial charge is 0.0696 e. The van der Waals surface area contributed by atoms with Crippen molar-refractivity contribution >= 4 is 0 Å². The summed E-state index contributed by atoms with van der Waals surface area (Å²) in [5.41, 5.74) is 0. The maximum Gasteiger partial charge on any atom is 0.0696 e. The maximum absolute atomic E-state index is 9.47. The van der Waals surface area contributed by atoms with Crippen molar-refractivity contribution in [3.63, 3.8) is 0 Å². The second-order valence-corrected chi connectivity index (χ2v) is 3.26. The predicted molar refractivity (Wildman–Crippen MR) is 43.5 cm³/mol. The van der Waals surface area contributed by atoms with Crippen molar-refractivity contribution in [3.8, 4) is 0 Å². The van der Waals surface area contributed by atoms with Crippen LogP contribution < -0.4 is 5.32 Å². The Balaban J connectivity index is 2.30. The molecule has 66 valence electrons. The van der Waals surface area contributed by atoms with Crippen molar-refractivity contribution in [1.29, 1.82) is 0 Å². The zero-order valence-corrected chi connectivity index (χ0v) is 7.21. The Bertz CT molecular complexity index is 119. The fourth-order valence-corrected chi connectivity index (χ4v) is 1.80. The SMILES string of the molecule is CNC1CC(COC)CC1O. The summed E-state index contributed by atoms with van der Waals surface area (Å²) in [6, 6.07) is 0.273. The van der Waals surface area contributed by atoms with E-state index in [2.05, 4.69) is 5.32 Å². The molecule has 0 aromatic carbocycles. The van der Waals surface area contributed by atoms with E-state index in [0.717, 1.165) is 19.4 Å². The number of ether oxygens (including phenoxy) is 1. The van der Waals surface area contributed by atoms with E-state index in [1.54, 1.807) is 7.11 Å². The first-order chi connectivity index (χ1) is 5.27. The number of likely N-dealkylation sites (N-methyl/N-ethyl adjacent to an activating group) is 1. The molecule has 2 N–H and O–H groups in total. The number of rotatable bonds is 3. The minimum Gasteiger partial charge on any atom is -0.391 e. The molecule has 0 spiro atoms. The lowest BCUT2D eigenvalue weighted by atomic mass is 10.1. The van der Waals surface area contributed by atoms with Crippen LogP contribution in [-0.4, -0.2) is 38.0 Å². The van der Waals surface area contributed by atoms with E-state index in [-0.39, 0.29) is 12.1 Å². The second kappa shape index (κ2) is 4.04. The average Bonchev–Trinajstić information content (AvgIpc) is 2.32. The van der Waals surface area contributed by atoms with Gasteiger partial charge in [0.05, 0.1) is 6.10 Å². The summed E-state index contributed by atoms with van der Waals surface area (Å²) in [5.74, 6) is 0.535. The predicted octanol–water partition coefficient (Wildman–Crippen LogP) is -0.00830. The summed E-state index contributed by atoms with van der Waals surface area (Å²) in [4.78, 5) is 0. The van der Waals surface area contributed by atoms with Gasteiger partial charge in [-0.3, -0.25) is 0 Å². The van der Waals surface area contributed by atoms with Gasteiger partial charge in [0.15, 0.2) is 0 Å². The van der Waals surface area contributed by atoms with E-state index >= 15 is 0 Å². The lowest BCUT2D eigenvalue weighted by Gasteiger charge is -2.11. The monoisotopic (exact) mass is 159 g/mol. The van der Waals surface area contributed by atoms with Gasteiger partial charge in [0, 0.05) is 19.8 Å². The molecule has 1 aliphatic rings. The van der Waals surface area contributed by atoms with Crippen LogP contribution in [0.15, 0.2) is 0 Å². The molecule has 1 saturated carbocycles. The Labute approximate surface area is 67.7 Å². The largest absolute Gasteiger partial charge is 0.391 e. The molecule has 0 aromatic rings. The van der Waals surface area contributed by atoms with Crippen LogP contribution in [0.1, 0.15) is 12.8 Å². The molecule has 0 aromatic heterocycles. The molecule has 0 amide bonds. The zero-order chi connectivity index (χ0) is 8.27. The van der Waals surface area contributed by atoms with Crippen LogP contribution in [0.4, 0.5) is 0 Å². The Morgan fingerprint density at radius 1 is 1.55 bits per heavy atom. The van der Waals surface area contributed by atoms with Crippen molar-refractivity contribution in [1.82, 2.24) is 5.32 Å². The molecule has 0 bridgehead atoms. The highest BCUT2D eigenvalue weighted by atomic mass is 16.5. The quantitative estimate of drug-likeness (QED) is 0.608. The van der Waals surface area contributed by atoms with E-state index in [1.165, 1.54) is 0 Å². The molecule has 0 aliphatic heterocycles. The Morgan fingerprint density at radius 2 is 2.27 bits per heavy atom. The van der Waals surface area contributed by atoms with Gasteiger partial charge in [0.1, 0.15) is 0 Å². The van der Waals surface area contributed by atoms with Crippen molar-refractivity contribution in [2.45, 2.75) is 25.0 Å². The standard InChI is InChI=1S/C8H17NO2/c1-9-7-3-6(5-11-2)4-8(7)10/h6-10H,3-5H2,1-2H3. The molecule has 3 nitrogen and oxygen atoms in total. The number of methoxy groups -OCH3 is 1. The van der Waals surface area contributed by atoms with Gasteiger partial charge in [-0.05, 0) is 25.8 Å². The van der Waals surface area contributed by atoms with Gasteiger partial charge in [-0.1, -0.05) is 0 Å². The van der Waals surface area contributed by atoms with Gasteiger partial charge in [-0.25, -0.2) is 0 Å². The van der Waals surface area contributed by atoms with E-state index in [0.29, 0.717) is 5.92 Å². The molecule has 11 heavy (non-hydrogen) atoms. The molecular formula is C8H17NO2. The molecule has 1 fully saturated rings. The van der Waals surface area contributed by atoms with E-state index in [9.17, 15) is 5.11 Å². The second-order valence-electron chi connectivity index (χ2n) is 3.26. The normalized spacial score (nSPS) is 37.9. The highest BCUT2D eigenvalue weighted by Gasteiger charge is 2.31. The van der Waals surface area contributed by atoms with Gasteiger partial charge in [0.25, 0.3) is 0 Å². The topological polar surface area (TPSA) is 41.5 Å². The van der Waals surface area contributed by atoms with Crippen LogP contribution >= 0.6 is 0 Å². The first-order valence-electron chi connectivity index (χ1n) is 4.12. The summed E-state index contributed by atoms with van der Waals surface area (Å²) in [7, 11) is 3.60. The zero-order valence-electron chi connectivity index (χ0n) is 7.21. The third-order valence-electron chi connectivity index (χ3n) is 2.40. The van der Waals surface area contributed by atoms with Gasteiger partial charge in [0.2, 0.25) is 0 Å². The maximum atomic E-state index is 9.47. The van der Waals surface area contributed by atoms with Crippen LogP contribution in [0.5, 0.6) is 0 Å². The number of hydrogen-bond acceptors (Lipinski definition) is 3. The molecule has 3 heteroatoms. The van der Waals surface area contributed by atoms with E-state index < -0.39 is 0 Å².